The highest BCUT2D eigenvalue weighted by Crippen LogP contribution is 2.26. The minimum Gasteiger partial charge on any atom is -0.247 e. The Morgan fingerprint density at radius 1 is 0.487 bits per heavy atom. The molecule has 1 aromatic heterocycles. The zero-order chi connectivity index (χ0) is 28.2. The Bertz CT molecular complexity index is 606. The number of nitrogens with one attached hydrogen (secondary N) is 1. The highest BCUT2D eigenvalue weighted by Gasteiger charge is 2.24. The summed E-state index contributed by atoms with van der Waals surface area (Å²) in [6.45, 7) is 9.42. The van der Waals surface area contributed by atoms with E-state index < -0.39 is 0 Å². The maximum Gasteiger partial charge on any atom is 0.257 e. The second kappa shape index (κ2) is 27.4. The molecule has 1 aromatic rings. The van der Waals surface area contributed by atoms with Gasteiger partial charge in [0.15, 0.2) is 0 Å². The predicted octanol–water partition coefficient (Wildman–Crippen LogP) is 12.9. The van der Waals surface area contributed by atoms with E-state index in [2.05, 4.69) is 49.6 Å². The summed E-state index contributed by atoms with van der Waals surface area (Å²) in [7, 11) is 0. The Kier molecular flexibility index (Phi) is 25.4. The van der Waals surface area contributed by atoms with E-state index in [1.165, 1.54) is 186 Å². The average molecular weight is 546 g/mol. The molecule has 2 heteroatoms. The molecule has 2 unspecified atom stereocenters. The van der Waals surface area contributed by atoms with Crippen LogP contribution in [0.4, 0.5) is 0 Å². The van der Waals surface area contributed by atoms with Gasteiger partial charge in [0.1, 0.15) is 12.4 Å². The molecule has 39 heavy (non-hydrogen) atoms. The van der Waals surface area contributed by atoms with Gasteiger partial charge in [-0.3, -0.25) is 0 Å². The number of aromatic amines is 1. The molecule has 1 heterocycles. The van der Waals surface area contributed by atoms with Crippen molar-refractivity contribution in [1.29, 1.82) is 0 Å². The van der Waals surface area contributed by atoms with Crippen molar-refractivity contribution in [3.8, 4) is 0 Å². The summed E-state index contributed by atoms with van der Waals surface area (Å²) in [5.41, 5.74) is 0. The first-order valence-corrected chi connectivity index (χ1v) is 18.3. The molecule has 230 valence electrons. The van der Waals surface area contributed by atoms with Gasteiger partial charge in [0.2, 0.25) is 0 Å². The van der Waals surface area contributed by atoms with Gasteiger partial charge in [0.05, 0.1) is 12.0 Å². The molecule has 0 amide bonds. The van der Waals surface area contributed by atoms with Crippen molar-refractivity contribution in [2.24, 2.45) is 0 Å². The van der Waals surface area contributed by atoms with E-state index >= 15 is 0 Å². The summed E-state index contributed by atoms with van der Waals surface area (Å²) in [4.78, 5) is 3.67. The van der Waals surface area contributed by atoms with Gasteiger partial charge in [-0.05, 0) is 32.6 Å². The number of aromatic nitrogens is 2. The molecule has 2 nitrogen and oxygen atoms in total. The van der Waals surface area contributed by atoms with Crippen LogP contribution in [0, 0.1) is 0 Å². The van der Waals surface area contributed by atoms with Crippen LogP contribution in [0.15, 0.2) is 12.4 Å². The summed E-state index contributed by atoms with van der Waals surface area (Å²) in [6.07, 6.45) is 44.3. The summed E-state index contributed by atoms with van der Waals surface area (Å²) in [5, 5.41) is 0. The lowest BCUT2D eigenvalue weighted by molar-refractivity contribution is -0.727. The first-order valence-electron chi connectivity index (χ1n) is 18.3. The second-order valence-electron chi connectivity index (χ2n) is 12.9. The fourth-order valence-electron chi connectivity index (χ4n) is 6.49. The first-order chi connectivity index (χ1) is 19.2. The zero-order valence-electron chi connectivity index (χ0n) is 27.6. The average Bonchev–Trinajstić information content (AvgIpc) is 3.43. The van der Waals surface area contributed by atoms with Crippen LogP contribution >= 0.6 is 0 Å². The van der Waals surface area contributed by atoms with Crippen molar-refractivity contribution >= 4 is 0 Å². The van der Waals surface area contributed by atoms with Gasteiger partial charge in [-0.1, -0.05) is 175 Å². The van der Waals surface area contributed by atoms with Crippen molar-refractivity contribution < 1.29 is 4.57 Å². The van der Waals surface area contributed by atoms with Crippen LogP contribution in [0.25, 0.3) is 0 Å². The number of unbranched alkanes of at least 4 members (excludes halogenated alkanes) is 22. The van der Waals surface area contributed by atoms with Crippen LogP contribution < -0.4 is 4.57 Å². The van der Waals surface area contributed by atoms with Crippen LogP contribution in [0.5, 0.6) is 0 Å². The zero-order valence-corrected chi connectivity index (χ0v) is 27.6. The summed E-state index contributed by atoms with van der Waals surface area (Å²) >= 11 is 0. The standard InChI is InChI=1S/C37H72N2/c1-5-8-10-12-14-16-18-20-22-24-26-28-31-35(4)39-34-33-38-37(39)36(30-7-3)32-29-27-25-23-21-19-17-15-13-11-9-6-2/h33-36H,5-32H2,1-4H3/p+1. The SMILES string of the molecule is CCCCCCCCCCCCCCC(CCC)c1[nH]cc[n+]1C(C)CCCCCCCCCCCCCC. The molecule has 2 atom stereocenters. The molecule has 0 saturated carbocycles. The molecule has 0 bridgehead atoms. The third kappa shape index (κ3) is 19.8. The van der Waals surface area contributed by atoms with Crippen molar-refractivity contribution in [3.05, 3.63) is 18.2 Å². The topological polar surface area (TPSA) is 19.7 Å². The fraction of sp³-hybridized carbons (Fsp3) is 0.919. The number of rotatable bonds is 30. The number of hydrogen-bond acceptors (Lipinski definition) is 0. The summed E-state index contributed by atoms with van der Waals surface area (Å²) in [6, 6.07) is 0.621. The number of hydrogen-bond donors (Lipinski definition) is 1. The Morgan fingerprint density at radius 3 is 1.28 bits per heavy atom. The lowest BCUT2D eigenvalue weighted by Gasteiger charge is -2.16. The van der Waals surface area contributed by atoms with Gasteiger partial charge in [-0.2, -0.15) is 0 Å². The van der Waals surface area contributed by atoms with Crippen LogP contribution in [0.1, 0.15) is 225 Å². The molecule has 0 aromatic carbocycles. The van der Waals surface area contributed by atoms with Gasteiger partial charge < -0.3 is 0 Å². The fourth-order valence-corrected chi connectivity index (χ4v) is 6.49. The van der Waals surface area contributed by atoms with E-state index in [9.17, 15) is 0 Å². The maximum absolute atomic E-state index is 3.67. The third-order valence-corrected chi connectivity index (χ3v) is 9.12. The summed E-state index contributed by atoms with van der Waals surface area (Å²) in [5.74, 6) is 2.21. The highest BCUT2D eigenvalue weighted by molar-refractivity contribution is 4.90. The minimum absolute atomic E-state index is 0.621. The van der Waals surface area contributed by atoms with E-state index in [-0.39, 0.29) is 0 Å². The van der Waals surface area contributed by atoms with Crippen LogP contribution in [0.3, 0.4) is 0 Å². The largest absolute Gasteiger partial charge is 0.257 e. The van der Waals surface area contributed by atoms with Crippen LogP contribution in [-0.4, -0.2) is 4.98 Å². The van der Waals surface area contributed by atoms with Gasteiger partial charge in [-0.15, -0.1) is 0 Å². The Labute approximate surface area is 246 Å². The van der Waals surface area contributed by atoms with Crippen LogP contribution in [-0.2, 0) is 0 Å². The Balaban J connectivity index is 2.16. The van der Waals surface area contributed by atoms with Crippen molar-refractivity contribution in [3.63, 3.8) is 0 Å². The molecule has 1 N–H and O–H groups in total. The van der Waals surface area contributed by atoms with Crippen molar-refractivity contribution in [2.45, 2.75) is 219 Å². The normalized spacial score (nSPS) is 13.2. The first kappa shape index (κ1) is 36.2. The quantitative estimate of drug-likeness (QED) is 0.0732. The lowest BCUT2D eigenvalue weighted by Crippen LogP contribution is -2.41. The molecule has 0 aliphatic rings. The van der Waals surface area contributed by atoms with E-state index in [1.54, 1.807) is 0 Å². The van der Waals surface area contributed by atoms with Gasteiger partial charge >= 0.3 is 0 Å². The number of nitrogens with zero attached hydrogens (tertiary/aromatic N) is 1. The maximum atomic E-state index is 3.67. The van der Waals surface area contributed by atoms with Gasteiger partial charge in [0, 0.05) is 0 Å². The Morgan fingerprint density at radius 2 is 0.872 bits per heavy atom. The van der Waals surface area contributed by atoms with E-state index in [0.717, 1.165) is 0 Å². The molecule has 0 fully saturated rings. The molecule has 0 aliphatic heterocycles. The smallest absolute Gasteiger partial charge is 0.247 e. The van der Waals surface area contributed by atoms with Gasteiger partial charge in [0.25, 0.3) is 5.82 Å². The molecule has 0 radical (unpaired) electrons. The monoisotopic (exact) mass is 546 g/mol. The molecule has 1 rings (SSSR count). The van der Waals surface area contributed by atoms with Crippen LogP contribution in [0.2, 0.25) is 0 Å². The number of H-pyrrole nitrogens is 1. The van der Waals surface area contributed by atoms with Gasteiger partial charge in [-0.25, -0.2) is 9.55 Å². The third-order valence-electron chi connectivity index (χ3n) is 9.12. The van der Waals surface area contributed by atoms with E-state index in [1.807, 2.05) is 0 Å². The van der Waals surface area contributed by atoms with E-state index in [4.69, 9.17) is 0 Å². The summed E-state index contributed by atoms with van der Waals surface area (Å²) < 4.78 is 2.60. The Hall–Kier alpha value is -0.790. The molecule has 0 spiro atoms. The molecule has 0 aliphatic carbocycles. The predicted molar refractivity (Wildman–Crippen MR) is 175 cm³/mol. The minimum atomic E-state index is 0.621. The highest BCUT2D eigenvalue weighted by atomic mass is 15.1. The van der Waals surface area contributed by atoms with Crippen molar-refractivity contribution in [2.75, 3.05) is 0 Å². The van der Waals surface area contributed by atoms with E-state index in [0.29, 0.717) is 12.0 Å². The molecular formula is C37H73N2+. The lowest BCUT2D eigenvalue weighted by atomic mass is 9.94. The number of imidazole rings is 1. The second-order valence-corrected chi connectivity index (χ2v) is 12.9. The molecular weight excluding hydrogens is 472 g/mol. The molecule has 0 saturated heterocycles. The van der Waals surface area contributed by atoms with Crippen molar-refractivity contribution in [1.82, 2.24) is 4.98 Å².